The van der Waals surface area contributed by atoms with Crippen LogP contribution in [0, 0.1) is 13.8 Å². The zero-order chi connectivity index (χ0) is 16.5. The molecular weight excluding hydrogens is 312 g/mol. The molecule has 4 rings (SSSR count). The van der Waals surface area contributed by atoms with Crippen molar-refractivity contribution in [1.82, 2.24) is 9.55 Å². The standard InChI is InChI=1S/C21H18N2S/c1-15-20(22-16(2)23(15)18-11-7-4-8-12-18)19-13-14-24-21(19)17-9-5-3-6-10-17/h3-14H,1-2H3. The van der Waals surface area contributed by atoms with Gasteiger partial charge in [0.05, 0.1) is 5.69 Å². The predicted molar refractivity (Wildman–Crippen MR) is 102 cm³/mol. The van der Waals surface area contributed by atoms with Crippen LogP contribution in [0.3, 0.4) is 0 Å². The number of thiophene rings is 1. The molecule has 2 aromatic heterocycles. The number of rotatable bonds is 3. The van der Waals surface area contributed by atoms with E-state index in [4.69, 9.17) is 4.98 Å². The van der Waals surface area contributed by atoms with Gasteiger partial charge in [-0.2, -0.15) is 0 Å². The van der Waals surface area contributed by atoms with Crippen LogP contribution in [0.1, 0.15) is 11.5 Å². The Kier molecular flexibility index (Phi) is 3.79. The Balaban J connectivity index is 1.87. The van der Waals surface area contributed by atoms with E-state index in [9.17, 15) is 0 Å². The van der Waals surface area contributed by atoms with E-state index < -0.39 is 0 Å². The highest BCUT2D eigenvalue weighted by atomic mass is 32.1. The number of benzene rings is 2. The van der Waals surface area contributed by atoms with Crippen molar-refractivity contribution < 1.29 is 0 Å². The molecule has 3 heteroatoms. The highest BCUT2D eigenvalue weighted by molar-refractivity contribution is 7.14. The van der Waals surface area contributed by atoms with E-state index in [1.807, 2.05) is 6.07 Å². The first-order valence-electron chi connectivity index (χ1n) is 8.00. The highest BCUT2D eigenvalue weighted by Crippen LogP contribution is 2.38. The fraction of sp³-hybridized carbons (Fsp3) is 0.0952. The van der Waals surface area contributed by atoms with E-state index >= 15 is 0 Å². The molecule has 2 nitrogen and oxygen atoms in total. The number of aromatic nitrogens is 2. The number of aryl methyl sites for hydroxylation is 1. The molecule has 0 saturated carbocycles. The van der Waals surface area contributed by atoms with Crippen molar-refractivity contribution in [3.8, 4) is 27.4 Å². The quantitative estimate of drug-likeness (QED) is 0.458. The van der Waals surface area contributed by atoms with Crippen LogP contribution in [0.2, 0.25) is 0 Å². The monoisotopic (exact) mass is 330 g/mol. The van der Waals surface area contributed by atoms with Gasteiger partial charge in [0.15, 0.2) is 0 Å². The summed E-state index contributed by atoms with van der Waals surface area (Å²) in [5.41, 5.74) is 5.85. The van der Waals surface area contributed by atoms with Gasteiger partial charge in [-0.05, 0) is 43.0 Å². The van der Waals surface area contributed by atoms with Crippen LogP contribution < -0.4 is 0 Å². The van der Waals surface area contributed by atoms with Crippen LogP contribution in [-0.2, 0) is 0 Å². The average molecular weight is 330 g/mol. The van der Waals surface area contributed by atoms with Crippen molar-refractivity contribution in [2.24, 2.45) is 0 Å². The van der Waals surface area contributed by atoms with Gasteiger partial charge in [-0.25, -0.2) is 4.98 Å². The minimum absolute atomic E-state index is 1.01. The second kappa shape index (κ2) is 6.10. The summed E-state index contributed by atoms with van der Waals surface area (Å²) in [7, 11) is 0. The largest absolute Gasteiger partial charge is 0.301 e. The fourth-order valence-electron chi connectivity index (χ4n) is 3.16. The first-order chi connectivity index (χ1) is 11.8. The molecule has 4 aromatic rings. The third-order valence-corrected chi connectivity index (χ3v) is 5.21. The van der Waals surface area contributed by atoms with Crippen molar-refractivity contribution in [2.45, 2.75) is 13.8 Å². The Morgan fingerprint density at radius 1 is 0.833 bits per heavy atom. The van der Waals surface area contributed by atoms with Crippen LogP contribution in [0.15, 0.2) is 72.1 Å². The molecule has 24 heavy (non-hydrogen) atoms. The van der Waals surface area contributed by atoms with Gasteiger partial charge < -0.3 is 4.57 Å². The second-order valence-corrected chi connectivity index (χ2v) is 6.71. The van der Waals surface area contributed by atoms with Crippen LogP contribution in [-0.4, -0.2) is 9.55 Å². The van der Waals surface area contributed by atoms with Gasteiger partial charge in [0.2, 0.25) is 0 Å². The zero-order valence-electron chi connectivity index (χ0n) is 13.7. The molecule has 0 atom stereocenters. The van der Waals surface area contributed by atoms with Crippen LogP contribution in [0.4, 0.5) is 0 Å². The first-order valence-corrected chi connectivity index (χ1v) is 8.88. The van der Waals surface area contributed by atoms with Crippen molar-refractivity contribution in [3.63, 3.8) is 0 Å². The van der Waals surface area contributed by atoms with E-state index in [0.29, 0.717) is 0 Å². The Bertz CT molecular complexity index is 966. The summed E-state index contributed by atoms with van der Waals surface area (Å²) in [5.74, 6) is 1.01. The van der Waals surface area contributed by atoms with E-state index in [2.05, 4.69) is 84.5 Å². The maximum Gasteiger partial charge on any atom is 0.111 e. The molecule has 0 N–H and O–H groups in total. The minimum atomic E-state index is 1.01. The fourth-order valence-corrected chi connectivity index (χ4v) is 4.07. The van der Waals surface area contributed by atoms with Gasteiger partial charge in [-0.3, -0.25) is 0 Å². The normalized spacial score (nSPS) is 10.9. The first kappa shape index (κ1) is 14.9. The summed E-state index contributed by atoms with van der Waals surface area (Å²) in [6, 6.07) is 23.1. The van der Waals surface area contributed by atoms with E-state index in [1.165, 1.54) is 21.7 Å². The van der Waals surface area contributed by atoms with Crippen molar-refractivity contribution >= 4 is 11.3 Å². The lowest BCUT2D eigenvalue weighted by Gasteiger charge is -2.08. The van der Waals surface area contributed by atoms with E-state index in [1.54, 1.807) is 11.3 Å². The Labute approximate surface area is 146 Å². The van der Waals surface area contributed by atoms with Gasteiger partial charge in [-0.1, -0.05) is 48.5 Å². The lowest BCUT2D eigenvalue weighted by atomic mass is 10.1. The van der Waals surface area contributed by atoms with Gasteiger partial charge in [-0.15, -0.1) is 11.3 Å². The molecule has 2 aromatic carbocycles. The summed E-state index contributed by atoms with van der Waals surface area (Å²) in [4.78, 5) is 6.16. The lowest BCUT2D eigenvalue weighted by molar-refractivity contribution is 0.941. The molecular formula is C21H18N2S. The SMILES string of the molecule is Cc1nc(-c2ccsc2-c2ccccc2)c(C)n1-c1ccccc1. The van der Waals surface area contributed by atoms with Crippen molar-refractivity contribution in [3.05, 3.63) is 83.6 Å². The zero-order valence-corrected chi connectivity index (χ0v) is 14.5. The Morgan fingerprint density at radius 3 is 2.21 bits per heavy atom. The maximum atomic E-state index is 4.88. The molecule has 0 radical (unpaired) electrons. The minimum Gasteiger partial charge on any atom is -0.301 e. The molecule has 0 amide bonds. The van der Waals surface area contributed by atoms with Crippen LogP contribution in [0.5, 0.6) is 0 Å². The molecule has 118 valence electrons. The number of imidazole rings is 1. The van der Waals surface area contributed by atoms with Gasteiger partial charge >= 0.3 is 0 Å². The molecule has 0 bridgehead atoms. The lowest BCUT2D eigenvalue weighted by Crippen LogP contribution is -1.98. The third kappa shape index (κ3) is 2.47. The summed E-state index contributed by atoms with van der Waals surface area (Å²) >= 11 is 1.77. The summed E-state index contributed by atoms with van der Waals surface area (Å²) < 4.78 is 2.22. The Morgan fingerprint density at radius 2 is 1.50 bits per heavy atom. The van der Waals surface area contributed by atoms with Gasteiger partial charge in [0, 0.05) is 21.8 Å². The third-order valence-electron chi connectivity index (χ3n) is 4.25. The smallest absolute Gasteiger partial charge is 0.111 e. The molecule has 0 fully saturated rings. The Hall–Kier alpha value is -2.65. The number of nitrogens with zero attached hydrogens (tertiary/aromatic N) is 2. The summed E-state index contributed by atoms with van der Waals surface area (Å²) in [6.45, 7) is 4.22. The molecule has 2 heterocycles. The molecule has 0 aliphatic rings. The number of hydrogen-bond acceptors (Lipinski definition) is 2. The van der Waals surface area contributed by atoms with Crippen LogP contribution in [0.25, 0.3) is 27.4 Å². The summed E-state index contributed by atoms with van der Waals surface area (Å²) in [5, 5.41) is 2.15. The van der Waals surface area contributed by atoms with Gasteiger partial charge in [0.25, 0.3) is 0 Å². The van der Waals surface area contributed by atoms with Gasteiger partial charge in [0.1, 0.15) is 5.82 Å². The second-order valence-electron chi connectivity index (χ2n) is 5.79. The molecule has 0 unspecified atom stereocenters. The maximum absolute atomic E-state index is 4.88. The van der Waals surface area contributed by atoms with Crippen molar-refractivity contribution in [2.75, 3.05) is 0 Å². The molecule has 0 saturated heterocycles. The van der Waals surface area contributed by atoms with Crippen molar-refractivity contribution in [1.29, 1.82) is 0 Å². The molecule has 0 spiro atoms. The van der Waals surface area contributed by atoms with E-state index in [0.717, 1.165) is 17.2 Å². The van der Waals surface area contributed by atoms with E-state index in [-0.39, 0.29) is 0 Å². The topological polar surface area (TPSA) is 17.8 Å². The highest BCUT2D eigenvalue weighted by Gasteiger charge is 2.18. The average Bonchev–Trinajstić information content (AvgIpc) is 3.21. The number of hydrogen-bond donors (Lipinski definition) is 0. The number of para-hydroxylation sites is 1. The predicted octanol–water partition coefficient (Wildman–Crippen LogP) is 5.88. The molecule has 0 aliphatic heterocycles. The molecule has 0 aliphatic carbocycles. The van der Waals surface area contributed by atoms with Crippen LogP contribution >= 0.6 is 11.3 Å². The summed E-state index contributed by atoms with van der Waals surface area (Å²) in [6.07, 6.45) is 0.